The molecule has 0 aliphatic carbocycles. The Kier molecular flexibility index (Phi) is 3.86. The molecule has 1 N–H and O–H groups in total. The van der Waals surface area contributed by atoms with E-state index in [0.29, 0.717) is 5.82 Å². The Hall–Kier alpha value is -3.01. The fourth-order valence-corrected chi connectivity index (χ4v) is 1.69. The minimum atomic E-state index is -0.579. The van der Waals surface area contributed by atoms with Crippen molar-refractivity contribution in [2.75, 3.05) is 5.32 Å². The van der Waals surface area contributed by atoms with Gasteiger partial charge in [-0.15, -0.1) is 0 Å². The van der Waals surface area contributed by atoms with Crippen LogP contribution in [0, 0.1) is 21.4 Å². The van der Waals surface area contributed by atoms with Gasteiger partial charge in [0.2, 0.25) is 0 Å². The van der Waals surface area contributed by atoms with Gasteiger partial charge in [-0.25, -0.2) is 4.98 Å². The van der Waals surface area contributed by atoms with Gasteiger partial charge in [0.1, 0.15) is 23.6 Å². The van der Waals surface area contributed by atoms with Crippen molar-refractivity contribution in [3.8, 4) is 6.07 Å². The fourth-order valence-electron chi connectivity index (χ4n) is 1.69. The first-order valence-electron chi connectivity index (χ1n) is 5.83. The average Bonchev–Trinajstić information content (AvgIpc) is 2.48. The van der Waals surface area contributed by atoms with Crippen LogP contribution in [0.25, 0.3) is 0 Å². The Labute approximate surface area is 115 Å². The van der Waals surface area contributed by atoms with Crippen molar-refractivity contribution in [3.05, 3.63) is 58.0 Å². The quantitative estimate of drug-likeness (QED) is 0.675. The van der Waals surface area contributed by atoms with E-state index in [1.165, 1.54) is 6.07 Å². The van der Waals surface area contributed by atoms with Crippen LogP contribution in [-0.4, -0.2) is 14.9 Å². The number of nitro groups is 1. The predicted molar refractivity (Wildman–Crippen MR) is 71.9 cm³/mol. The largest absolute Gasteiger partial charge is 0.362 e. The molecule has 2 heterocycles. The topological polar surface area (TPSA) is 105 Å². The zero-order valence-electron chi connectivity index (χ0n) is 10.6. The van der Waals surface area contributed by atoms with E-state index in [0.717, 1.165) is 11.8 Å². The molecular weight excluding hydrogens is 258 g/mol. The molecule has 20 heavy (non-hydrogen) atoms. The first-order chi connectivity index (χ1) is 9.61. The lowest BCUT2D eigenvalue weighted by atomic mass is 10.1. The van der Waals surface area contributed by atoms with Gasteiger partial charge in [0, 0.05) is 18.5 Å². The SMILES string of the molecule is CC(Nc1ncc([N+](=O)[O-])cc1C#N)c1ccncc1. The van der Waals surface area contributed by atoms with Crippen LogP contribution in [0.1, 0.15) is 24.1 Å². The van der Waals surface area contributed by atoms with Crippen molar-refractivity contribution in [1.82, 2.24) is 9.97 Å². The van der Waals surface area contributed by atoms with Gasteiger partial charge in [0.05, 0.1) is 11.0 Å². The van der Waals surface area contributed by atoms with Gasteiger partial charge >= 0.3 is 0 Å². The molecule has 0 radical (unpaired) electrons. The molecule has 0 bridgehead atoms. The van der Waals surface area contributed by atoms with Crippen molar-refractivity contribution in [2.45, 2.75) is 13.0 Å². The molecule has 2 aromatic heterocycles. The van der Waals surface area contributed by atoms with Crippen LogP contribution in [0.4, 0.5) is 11.5 Å². The highest BCUT2D eigenvalue weighted by atomic mass is 16.6. The first-order valence-corrected chi connectivity index (χ1v) is 5.83. The molecule has 1 unspecified atom stereocenters. The number of nitriles is 1. The summed E-state index contributed by atoms with van der Waals surface area (Å²) in [4.78, 5) is 17.9. The van der Waals surface area contributed by atoms with Crippen LogP contribution in [0.3, 0.4) is 0 Å². The summed E-state index contributed by atoms with van der Waals surface area (Å²) >= 11 is 0. The molecule has 2 rings (SSSR count). The summed E-state index contributed by atoms with van der Waals surface area (Å²) in [6.07, 6.45) is 4.46. The van der Waals surface area contributed by atoms with Crippen LogP contribution < -0.4 is 5.32 Å². The molecule has 0 saturated heterocycles. The third kappa shape index (κ3) is 2.87. The van der Waals surface area contributed by atoms with E-state index in [-0.39, 0.29) is 17.3 Å². The maximum Gasteiger partial charge on any atom is 0.289 e. The third-order valence-electron chi connectivity index (χ3n) is 2.76. The van der Waals surface area contributed by atoms with Crippen LogP contribution in [0.5, 0.6) is 0 Å². The molecule has 7 heteroatoms. The number of rotatable bonds is 4. The molecule has 0 aromatic carbocycles. The number of anilines is 1. The summed E-state index contributed by atoms with van der Waals surface area (Å²) < 4.78 is 0. The molecule has 0 aliphatic rings. The van der Waals surface area contributed by atoms with Crippen molar-refractivity contribution >= 4 is 11.5 Å². The number of hydrogen-bond donors (Lipinski definition) is 1. The van der Waals surface area contributed by atoms with Crippen LogP contribution in [-0.2, 0) is 0 Å². The van der Waals surface area contributed by atoms with Crippen LogP contribution in [0.15, 0.2) is 36.8 Å². The number of nitrogens with one attached hydrogen (secondary N) is 1. The number of aromatic nitrogens is 2. The second-order valence-corrected chi connectivity index (χ2v) is 4.11. The van der Waals surface area contributed by atoms with Gasteiger partial charge in [0.15, 0.2) is 0 Å². The van der Waals surface area contributed by atoms with Crippen molar-refractivity contribution in [1.29, 1.82) is 5.26 Å². The Morgan fingerprint density at radius 3 is 2.75 bits per heavy atom. The van der Waals surface area contributed by atoms with E-state index in [1.54, 1.807) is 12.4 Å². The molecule has 100 valence electrons. The van der Waals surface area contributed by atoms with Crippen LogP contribution >= 0.6 is 0 Å². The van der Waals surface area contributed by atoms with Crippen molar-refractivity contribution in [3.63, 3.8) is 0 Å². The fraction of sp³-hybridized carbons (Fsp3) is 0.154. The van der Waals surface area contributed by atoms with Gasteiger partial charge in [-0.1, -0.05) is 0 Å². The molecule has 0 fully saturated rings. The smallest absolute Gasteiger partial charge is 0.289 e. The van der Waals surface area contributed by atoms with E-state index < -0.39 is 4.92 Å². The summed E-state index contributed by atoms with van der Waals surface area (Å²) in [7, 11) is 0. The van der Waals surface area contributed by atoms with Gasteiger partial charge in [-0.05, 0) is 24.6 Å². The maximum absolute atomic E-state index is 10.7. The minimum Gasteiger partial charge on any atom is -0.362 e. The Morgan fingerprint density at radius 1 is 1.45 bits per heavy atom. The zero-order valence-corrected chi connectivity index (χ0v) is 10.6. The maximum atomic E-state index is 10.7. The van der Waals surface area contributed by atoms with Gasteiger partial charge < -0.3 is 5.32 Å². The highest BCUT2D eigenvalue weighted by Gasteiger charge is 2.14. The van der Waals surface area contributed by atoms with E-state index >= 15 is 0 Å². The Morgan fingerprint density at radius 2 is 2.15 bits per heavy atom. The van der Waals surface area contributed by atoms with Gasteiger partial charge in [-0.3, -0.25) is 15.1 Å². The van der Waals surface area contributed by atoms with Gasteiger partial charge in [0.25, 0.3) is 5.69 Å². The monoisotopic (exact) mass is 269 g/mol. The molecule has 0 spiro atoms. The molecular formula is C13H11N5O2. The summed E-state index contributed by atoms with van der Waals surface area (Å²) in [5.74, 6) is 0.322. The lowest BCUT2D eigenvalue weighted by molar-refractivity contribution is -0.385. The molecule has 0 aliphatic heterocycles. The zero-order chi connectivity index (χ0) is 14.5. The summed E-state index contributed by atoms with van der Waals surface area (Å²) in [6, 6.07) is 6.70. The highest BCUT2D eigenvalue weighted by molar-refractivity contribution is 5.56. The lowest BCUT2D eigenvalue weighted by Gasteiger charge is -2.15. The normalized spacial score (nSPS) is 11.4. The summed E-state index contributed by atoms with van der Waals surface area (Å²) in [5, 5.41) is 22.8. The predicted octanol–water partition coefficient (Wildman–Crippen LogP) is 2.43. The molecule has 7 nitrogen and oxygen atoms in total. The summed E-state index contributed by atoms with van der Waals surface area (Å²) in [6.45, 7) is 1.90. The second kappa shape index (κ2) is 5.75. The average molecular weight is 269 g/mol. The first kappa shape index (κ1) is 13.4. The lowest BCUT2D eigenvalue weighted by Crippen LogP contribution is -2.09. The Bertz CT molecular complexity index is 666. The van der Waals surface area contributed by atoms with E-state index in [9.17, 15) is 10.1 Å². The molecule has 1 atom stereocenters. The highest BCUT2D eigenvalue weighted by Crippen LogP contribution is 2.22. The second-order valence-electron chi connectivity index (χ2n) is 4.11. The van der Waals surface area contributed by atoms with E-state index in [2.05, 4.69) is 15.3 Å². The van der Waals surface area contributed by atoms with E-state index in [1.807, 2.05) is 25.1 Å². The Balaban J connectivity index is 2.26. The van der Waals surface area contributed by atoms with Crippen molar-refractivity contribution in [2.24, 2.45) is 0 Å². The molecule has 0 amide bonds. The minimum absolute atomic E-state index is 0.0981. The van der Waals surface area contributed by atoms with Gasteiger partial charge in [-0.2, -0.15) is 5.26 Å². The van der Waals surface area contributed by atoms with E-state index in [4.69, 9.17) is 5.26 Å². The standard InChI is InChI=1S/C13H11N5O2/c1-9(10-2-4-15-5-3-10)17-13-11(7-14)6-12(8-16-13)18(19)20/h2-6,8-9H,1H3,(H,16,17). The van der Waals surface area contributed by atoms with Crippen molar-refractivity contribution < 1.29 is 4.92 Å². The number of pyridine rings is 2. The molecule has 0 saturated carbocycles. The number of hydrogen-bond acceptors (Lipinski definition) is 6. The summed E-state index contributed by atoms with van der Waals surface area (Å²) in [5.41, 5.74) is 0.910. The number of nitrogens with zero attached hydrogens (tertiary/aromatic N) is 4. The van der Waals surface area contributed by atoms with Crippen LogP contribution in [0.2, 0.25) is 0 Å². The molecule has 2 aromatic rings. The third-order valence-corrected chi connectivity index (χ3v) is 2.76.